The lowest BCUT2D eigenvalue weighted by molar-refractivity contribution is 0.0806. The van der Waals surface area contributed by atoms with Gasteiger partial charge in [-0.2, -0.15) is 0 Å². The predicted octanol–water partition coefficient (Wildman–Crippen LogP) is 3.66. The summed E-state index contributed by atoms with van der Waals surface area (Å²) in [7, 11) is 3.77. The lowest BCUT2D eigenvalue weighted by atomic mass is 9.81. The van der Waals surface area contributed by atoms with E-state index in [1.165, 1.54) is 5.56 Å². The molecule has 3 rings (SSSR count). The lowest BCUT2D eigenvalue weighted by Gasteiger charge is -2.42. The maximum Gasteiger partial charge on any atom is 0.252 e. The van der Waals surface area contributed by atoms with Crippen LogP contribution < -0.4 is 10.1 Å². The summed E-state index contributed by atoms with van der Waals surface area (Å²) < 4.78 is 5.33. The van der Waals surface area contributed by atoms with Gasteiger partial charge in [0, 0.05) is 12.1 Å². The Balaban J connectivity index is 1.97. The molecule has 1 amide bonds. The highest BCUT2D eigenvalue weighted by Gasteiger charge is 2.38. The molecule has 1 aliphatic rings. The van der Waals surface area contributed by atoms with E-state index >= 15 is 0 Å². The van der Waals surface area contributed by atoms with Crippen LogP contribution in [0.25, 0.3) is 0 Å². The van der Waals surface area contributed by atoms with Crippen molar-refractivity contribution in [2.45, 2.75) is 32.2 Å². The van der Waals surface area contributed by atoms with Crippen molar-refractivity contribution in [1.29, 1.82) is 0 Å². The Morgan fingerprint density at radius 2 is 1.81 bits per heavy atom. The van der Waals surface area contributed by atoms with E-state index in [1.807, 2.05) is 44.2 Å². The number of carbonyl (C=O) groups is 1. The van der Waals surface area contributed by atoms with Crippen molar-refractivity contribution in [1.82, 2.24) is 10.2 Å². The first kappa shape index (κ1) is 18.5. The fourth-order valence-corrected chi connectivity index (χ4v) is 4.12. The molecule has 1 saturated heterocycles. The third-order valence-electron chi connectivity index (χ3n) is 5.33. The molecule has 1 fully saturated rings. The zero-order chi connectivity index (χ0) is 18.7. The Morgan fingerprint density at radius 1 is 1.15 bits per heavy atom. The third-order valence-corrected chi connectivity index (χ3v) is 5.33. The molecule has 1 aliphatic heterocycles. The van der Waals surface area contributed by atoms with Crippen LogP contribution in [0.1, 0.15) is 39.9 Å². The molecule has 138 valence electrons. The molecule has 0 aromatic heterocycles. The van der Waals surface area contributed by atoms with Crippen LogP contribution in [0.3, 0.4) is 0 Å². The number of rotatable bonds is 4. The summed E-state index contributed by atoms with van der Waals surface area (Å²) in [6.07, 6.45) is 2.01. The number of ether oxygens (including phenoxy) is 1. The average molecular weight is 352 g/mol. The molecule has 1 unspecified atom stereocenters. The van der Waals surface area contributed by atoms with Crippen molar-refractivity contribution >= 4 is 5.91 Å². The molecule has 4 heteroatoms. The molecular formula is C22H28N2O2. The van der Waals surface area contributed by atoms with Gasteiger partial charge in [-0.25, -0.2) is 0 Å². The van der Waals surface area contributed by atoms with Crippen molar-refractivity contribution in [3.05, 3.63) is 64.7 Å². The molecule has 4 nitrogen and oxygen atoms in total. The fourth-order valence-electron chi connectivity index (χ4n) is 4.12. The van der Waals surface area contributed by atoms with Crippen molar-refractivity contribution < 1.29 is 9.53 Å². The monoisotopic (exact) mass is 352 g/mol. The van der Waals surface area contributed by atoms with E-state index in [0.29, 0.717) is 0 Å². The SMILES string of the molecule is COc1cc(C)c(C(=O)NC2(c3ccccc3)CCCN(C)C2)c(C)c1. The summed E-state index contributed by atoms with van der Waals surface area (Å²) in [6, 6.07) is 14.2. The highest BCUT2D eigenvalue weighted by Crippen LogP contribution is 2.32. The van der Waals surface area contributed by atoms with Gasteiger partial charge >= 0.3 is 0 Å². The molecule has 0 spiro atoms. The predicted molar refractivity (Wildman–Crippen MR) is 105 cm³/mol. The highest BCUT2D eigenvalue weighted by molar-refractivity contribution is 5.97. The van der Waals surface area contributed by atoms with E-state index in [-0.39, 0.29) is 11.4 Å². The first-order chi connectivity index (χ1) is 12.4. The Kier molecular flexibility index (Phi) is 5.33. The van der Waals surface area contributed by atoms with E-state index in [4.69, 9.17) is 4.74 Å². The molecule has 0 radical (unpaired) electrons. The fraction of sp³-hybridized carbons (Fsp3) is 0.409. The van der Waals surface area contributed by atoms with Crippen LogP contribution in [0.2, 0.25) is 0 Å². The second kappa shape index (κ2) is 7.50. The largest absolute Gasteiger partial charge is 0.497 e. The smallest absolute Gasteiger partial charge is 0.252 e. The highest BCUT2D eigenvalue weighted by atomic mass is 16.5. The maximum atomic E-state index is 13.3. The van der Waals surface area contributed by atoms with Gasteiger partial charge in [-0.15, -0.1) is 0 Å². The number of likely N-dealkylation sites (tertiary alicyclic amines) is 1. The summed E-state index contributed by atoms with van der Waals surface area (Å²) >= 11 is 0. The average Bonchev–Trinajstić information content (AvgIpc) is 2.61. The number of methoxy groups -OCH3 is 1. The minimum absolute atomic E-state index is 0.0122. The first-order valence-electron chi connectivity index (χ1n) is 9.17. The number of benzene rings is 2. The Hall–Kier alpha value is -2.33. The molecule has 1 heterocycles. The van der Waals surface area contributed by atoms with Gasteiger partial charge in [0.05, 0.1) is 12.6 Å². The summed E-state index contributed by atoms with van der Waals surface area (Å²) in [5, 5.41) is 3.39. The number of carbonyl (C=O) groups excluding carboxylic acids is 1. The zero-order valence-electron chi connectivity index (χ0n) is 16.1. The number of nitrogens with zero attached hydrogens (tertiary/aromatic N) is 1. The van der Waals surface area contributed by atoms with Crippen LogP contribution in [0, 0.1) is 13.8 Å². The van der Waals surface area contributed by atoms with Crippen LogP contribution in [0.4, 0.5) is 0 Å². The summed E-state index contributed by atoms with van der Waals surface area (Å²) in [4.78, 5) is 15.6. The number of piperidine rings is 1. The number of hydrogen-bond acceptors (Lipinski definition) is 3. The van der Waals surface area contributed by atoms with Gasteiger partial charge in [0.25, 0.3) is 5.91 Å². The number of nitrogens with one attached hydrogen (secondary N) is 1. The van der Waals surface area contributed by atoms with Crippen molar-refractivity contribution in [3.8, 4) is 5.75 Å². The minimum Gasteiger partial charge on any atom is -0.497 e. The molecule has 2 aromatic carbocycles. The molecule has 0 aliphatic carbocycles. The second-order valence-corrected chi connectivity index (χ2v) is 7.38. The molecule has 1 atom stereocenters. The van der Waals surface area contributed by atoms with E-state index < -0.39 is 0 Å². The topological polar surface area (TPSA) is 41.6 Å². The summed E-state index contributed by atoms with van der Waals surface area (Å²) in [6.45, 7) is 5.81. The lowest BCUT2D eigenvalue weighted by Crippen LogP contribution is -2.55. The van der Waals surface area contributed by atoms with Crippen molar-refractivity contribution in [3.63, 3.8) is 0 Å². The third kappa shape index (κ3) is 3.61. The van der Waals surface area contributed by atoms with Crippen LogP contribution in [0.5, 0.6) is 5.75 Å². The number of hydrogen-bond donors (Lipinski definition) is 1. The van der Waals surface area contributed by atoms with Gasteiger partial charge in [-0.05, 0) is 69.1 Å². The van der Waals surface area contributed by atoms with Gasteiger partial charge < -0.3 is 15.0 Å². The molecular weight excluding hydrogens is 324 g/mol. The zero-order valence-corrected chi connectivity index (χ0v) is 16.1. The van der Waals surface area contributed by atoms with Crippen molar-refractivity contribution in [2.75, 3.05) is 27.2 Å². The van der Waals surface area contributed by atoms with Gasteiger partial charge in [-0.3, -0.25) is 4.79 Å². The number of amides is 1. The summed E-state index contributed by atoms with van der Waals surface area (Å²) in [5.41, 5.74) is 3.43. The van der Waals surface area contributed by atoms with Gasteiger partial charge in [0.1, 0.15) is 5.75 Å². The number of aryl methyl sites for hydroxylation is 2. The van der Waals surface area contributed by atoms with Crippen molar-refractivity contribution in [2.24, 2.45) is 0 Å². The standard InChI is InChI=1S/C22H28N2O2/c1-16-13-19(26-4)14-17(2)20(16)21(25)23-22(11-8-12-24(3)15-22)18-9-6-5-7-10-18/h5-7,9-10,13-14H,8,11-12,15H2,1-4H3,(H,23,25). The normalized spacial score (nSPS) is 20.6. The minimum atomic E-state index is -0.357. The molecule has 0 saturated carbocycles. The van der Waals surface area contributed by atoms with E-state index in [2.05, 4.69) is 29.4 Å². The van der Waals surface area contributed by atoms with Crippen LogP contribution in [-0.2, 0) is 5.54 Å². The molecule has 26 heavy (non-hydrogen) atoms. The van der Waals surface area contributed by atoms with Gasteiger partial charge in [0.2, 0.25) is 0 Å². The maximum absolute atomic E-state index is 13.3. The molecule has 1 N–H and O–H groups in total. The van der Waals surface area contributed by atoms with Crippen LogP contribution in [0.15, 0.2) is 42.5 Å². The van der Waals surface area contributed by atoms with E-state index in [0.717, 1.165) is 48.4 Å². The van der Waals surface area contributed by atoms with Gasteiger partial charge in [0.15, 0.2) is 0 Å². The van der Waals surface area contributed by atoms with Crippen LogP contribution >= 0.6 is 0 Å². The molecule has 0 bridgehead atoms. The Bertz CT molecular complexity index is 765. The Morgan fingerprint density at radius 3 is 2.38 bits per heavy atom. The quantitative estimate of drug-likeness (QED) is 0.913. The Labute approximate surface area is 156 Å². The number of likely N-dealkylation sites (N-methyl/N-ethyl adjacent to an activating group) is 1. The summed E-state index contributed by atoms with van der Waals surface area (Å²) in [5.74, 6) is 0.772. The van der Waals surface area contributed by atoms with Gasteiger partial charge in [-0.1, -0.05) is 30.3 Å². The van der Waals surface area contributed by atoms with Crippen LogP contribution in [-0.4, -0.2) is 38.1 Å². The van der Waals surface area contributed by atoms with E-state index in [1.54, 1.807) is 7.11 Å². The molecule has 2 aromatic rings. The second-order valence-electron chi connectivity index (χ2n) is 7.38. The van der Waals surface area contributed by atoms with E-state index in [9.17, 15) is 4.79 Å². The first-order valence-corrected chi connectivity index (χ1v) is 9.17.